The van der Waals surface area contributed by atoms with Gasteiger partial charge in [-0.1, -0.05) is 32.0 Å². The minimum atomic E-state index is -0.498. The van der Waals surface area contributed by atoms with Crippen molar-refractivity contribution in [3.63, 3.8) is 0 Å². The lowest BCUT2D eigenvalue weighted by Crippen LogP contribution is -2.48. The standard InChI is InChI=1S/C22H24N2O4/c1-4-22(5-2)14-16-9-10-18(28-3)12-19(16)20(23-22)13-21(25)15-7-6-8-17(11-15)24(26)27/h6-13,23H,4-5,14H2,1-3H3/b20-13-. The number of carbonyl (C=O) groups is 1. The number of allylic oxidation sites excluding steroid dienone is 1. The minimum absolute atomic E-state index is 0.0978. The van der Waals surface area contributed by atoms with Crippen LogP contribution in [0.25, 0.3) is 5.70 Å². The molecule has 28 heavy (non-hydrogen) atoms. The van der Waals surface area contributed by atoms with Crippen LogP contribution >= 0.6 is 0 Å². The van der Waals surface area contributed by atoms with E-state index in [-0.39, 0.29) is 22.6 Å². The third kappa shape index (κ3) is 3.76. The van der Waals surface area contributed by atoms with Crippen LogP contribution in [-0.2, 0) is 6.42 Å². The first kappa shape index (κ1) is 19.6. The van der Waals surface area contributed by atoms with Crippen molar-refractivity contribution in [3.8, 4) is 5.75 Å². The van der Waals surface area contributed by atoms with Crippen molar-refractivity contribution in [1.29, 1.82) is 0 Å². The molecule has 1 N–H and O–H groups in total. The van der Waals surface area contributed by atoms with Gasteiger partial charge in [0.25, 0.3) is 5.69 Å². The summed E-state index contributed by atoms with van der Waals surface area (Å²) in [6.45, 7) is 4.26. The molecule has 2 aromatic rings. The zero-order valence-electron chi connectivity index (χ0n) is 16.3. The van der Waals surface area contributed by atoms with Gasteiger partial charge in [0.2, 0.25) is 0 Å². The van der Waals surface area contributed by atoms with Crippen molar-refractivity contribution in [2.24, 2.45) is 0 Å². The summed E-state index contributed by atoms with van der Waals surface area (Å²) in [6.07, 6.45) is 4.23. The molecule has 0 aliphatic carbocycles. The van der Waals surface area contributed by atoms with Gasteiger partial charge < -0.3 is 10.1 Å². The van der Waals surface area contributed by atoms with E-state index in [1.54, 1.807) is 13.2 Å². The molecular formula is C22H24N2O4. The fraction of sp³-hybridized carbons (Fsp3) is 0.318. The molecule has 0 unspecified atom stereocenters. The summed E-state index contributed by atoms with van der Waals surface area (Å²) in [6, 6.07) is 11.7. The Morgan fingerprint density at radius 2 is 2.00 bits per heavy atom. The van der Waals surface area contributed by atoms with E-state index >= 15 is 0 Å². The summed E-state index contributed by atoms with van der Waals surface area (Å²) >= 11 is 0. The molecule has 2 aromatic carbocycles. The zero-order valence-corrected chi connectivity index (χ0v) is 16.3. The van der Waals surface area contributed by atoms with Gasteiger partial charge in [0.1, 0.15) is 5.75 Å². The molecule has 6 nitrogen and oxygen atoms in total. The fourth-order valence-electron chi connectivity index (χ4n) is 3.63. The molecule has 6 heteroatoms. The van der Waals surface area contributed by atoms with E-state index in [1.807, 2.05) is 18.2 Å². The quantitative estimate of drug-likeness (QED) is 0.345. The van der Waals surface area contributed by atoms with Crippen LogP contribution in [0.5, 0.6) is 5.75 Å². The van der Waals surface area contributed by atoms with E-state index in [0.717, 1.165) is 41.8 Å². The number of carbonyl (C=O) groups excluding carboxylic acids is 1. The Morgan fingerprint density at radius 3 is 2.64 bits per heavy atom. The molecule has 0 bridgehead atoms. The number of hydrogen-bond donors (Lipinski definition) is 1. The number of rotatable bonds is 6. The summed E-state index contributed by atoms with van der Waals surface area (Å²) in [5, 5.41) is 14.6. The van der Waals surface area contributed by atoms with Crippen LogP contribution in [0, 0.1) is 10.1 Å². The van der Waals surface area contributed by atoms with Gasteiger partial charge in [-0.2, -0.15) is 0 Å². The molecule has 146 valence electrons. The Kier molecular flexibility index (Phi) is 5.49. The highest BCUT2D eigenvalue weighted by Gasteiger charge is 2.33. The minimum Gasteiger partial charge on any atom is -0.497 e. The third-order valence-electron chi connectivity index (χ3n) is 5.51. The number of hydrogen-bond acceptors (Lipinski definition) is 5. The number of fused-ring (bicyclic) bond motifs is 1. The molecule has 0 atom stereocenters. The number of non-ortho nitro benzene ring substituents is 1. The van der Waals surface area contributed by atoms with Crippen LogP contribution in [-0.4, -0.2) is 23.4 Å². The lowest BCUT2D eigenvalue weighted by atomic mass is 9.79. The molecule has 1 aliphatic rings. The number of nitro benzene ring substituents is 1. The molecule has 0 spiro atoms. The van der Waals surface area contributed by atoms with Crippen LogP contribution < -0.4 is 10.1 Å². The maximum Gasteiger partial charge on any atom is 0.270 e. The molecule has 0 amide bonds. The van der Waals surface area contributed by atoms with Gasteiger partial charge in [0.05, 0.1) is 12.0 Å². The molecule has 0 saturated carbocycles. The maximum absolute atomic E-state index is 12.9. The zero-order chi connectivity index (χ0) is 20.3. The van der Waals surface area contributed by atoms with Crippen molar-refractivity contribution in [3.05, 3.63) is 75.3 Å². The monoisotopic (exact) mass is 380 g/mol. The average molecular weight is 380 g/mol. The number of nitrogens with one attached hydrogen (secondary N) is 1. The highest BCUT2D eigenvalue weighted by molar-refractivity contribution is 6.09. The van der Waals surface area contributed by atoms with Gasteiger partial charge >= 0.3 is 0 Å². The van der Waals surface area contributed by atoms with Crippen LogP contribution in [0.2, 0.25) is 0 Å². The van der Waals surface area contributed by atoms with E-state index in [9.17, 15) is 14.9 Å². The lowest BCUT2D eigenvalue weighted by Gasteiger charge is -2.40. The van der Waals surface area contributed by atoms with Gasteiger partial charge in [-0.25, -0.2) is 0 Å². The van der Waals surface area contributed by atoms with Crippen molar-refractivity contribution in [1.82, 2.24) is 5.32 Å². The van der Waals surface area contributed by atoms with Gasteiger partial charge in [0.15, 0.2) is 5.78 Å². The van der Waals surface area contributed by atoms with Crippen LogP contribution in [0.3, 0.4) is 0 Å². The van der Waals surface area contributed by atoms with E-state index in [4.69, 9.17) is 4.74 Å². The Balaban J connectivity index is 2.06. The summed E-state index contributed by atoms with van der Waals surface area (Å²) in [4.78, 5) is 23.4. The molecule has 0 saturated heterocycles. The van der Waals surface area contributed by atoms with Crippen molar-refractivity contribution in [2.45, 2.75) is 38.6 Å². The van der Waals surface area contributed by atoms with Gasteiger partial charge in [-0.3, -0.25) is 14.9 Å². The highest BCUT2D eigenvalue weighted by atomic mass is 16.6. The molecule has 1 heterocycles. The smallest absolute Gasteiger partial charge is 0.270 e. The summed E-state index contributed by atoms with van der Waals surface area (Å²) in [7, 11) is 1.61. The molecule has 0 aromatic heterocycles. The largest absolute Gasteiger partial charge is 0.497 e. The normalized spacial score (nSPS) is 16.2. The number of ether oxygens (including phenoxy) is 1. The Labute approximate surface area is 164 Å². The lowest BCUT2D eigenvalue weighted by molar-refractivity contribution is -0.384. The molecule has 3 rings (SSSR count). The first-order valence-corrected chi connectivity index (χ1v) is 9.37. The van der Waals surface area contributed by atoms with Crippen molar-refractivity contribution < 1.29 is 14.5 Å². The van der Waals surface area contributed by atoms with E-state index in [0.29, 0.717) is 0 Å². The number of methoxy groups -OCH3 is 1. The highest BCUT2D eigenvalue weighted by Crippen LogP contribution is 2.35. The van der Waals surface area contributed by atoms with E-state index < -0.39 is 4.92 Å². The Hall–Kier alpha value is -3.15. The van der Waals surface area contributed by atoms with Crippen LogP contribution in [0.15, 0.2) is 48.5 Å². The number of benzene rings is 2. The average Bonchev–Trinajstić information content (AvgIpc) is 2.73. The van der Waals surface area contributed by atoms with Crippen molar-refractivity contribution >= 4 is 17.2 Å². The summed E-state index contributed by atoms with van der Waals surface area (Å²) in [5.74, 6) is 0.442. The number of nitro groups is 1. The van der Waals surface area contributed by atoms with Crippen LogP contribution in [0.4, 0.5) is 5.69 Å². The summed E-state index contributed by atoms with van der Waals surface area (Å²) in [5.41, 5.74) is 2.87. The molecule has 0 radical (unpaired) electrons. The van der Waals surface area contributed by atoms with Gasteiger partial charge in [-0.15, -0.1) is 0 Å². The Bertz CT molecular complexity index is 945. The van der Waals surface area contributed by atoms with Gasteiger partial charge in [0, 0.05) is 40.6 Å². The second kappa shape index (κ2) is 7.84. The fourth-order valence-corrected chi connectivity index (χ4v) is 3.63. The second-order valence-electron chi connectivity index (χ2n) is 7.04. The van der Waals surface area contributed by atoms with E-state index in [1.165, 1.54) is 24.3 Å². The topological polar surface area (TPSA) is 81.5 Å². The van der Waals surface area contributed by atoms with Crippen LogP contribution in [0.1, 0.15) is 48.2 Å². The second-order valence-corrected chi connectivity index (χ2v) is 7.04. The summed E-state index contributed by atoms with van der Waals surface area (Å²) < 4.78 is 5.35. The predicted molar refractivity (Wildman–Crippen MR) is 109 cm³/mol. The predicted octanol–water partition coefficient (Wildman–Crippen LogP) is 4.53. The molecule has 0 fully saturated rings. The first-order valence-electron chi connectivity index (χ1n) is 9.37. The first-order chi connectivity index (χ1) is 13.4. The SMILES string of the molecule is CCC1(CC)Cc2ccc(OC)cc2/C(=C/C(=O)c2cccc([N+](=O)[O-])c2)N1. The van der Waals surface area contributed by atoms with E-state index in [2.05, 4.69) is 19.2 Å². The van der Waals surface area contributed by atoms with Crippen molar-refractivity contribution in [2.75, 3.05) is 7.11 Å². The molecule has 1 aliphatic heterocycles. The van der Waals surface area contributed by atoms with Gasteiger partial charge in [-0.05, 0) is 37.0 Å². The number of nitrogens with zero attached hydrogens (tertiary/aromatic N) is 1. The number of ketones is 1. The maximum atomic E-state index is 12.9. The Morgan fingerprint density at radius 1 is 1.25 bits per heavy atom. The molecular weight excluding hydrogens is 356 g/mol. The third-order valence-corrected chi connectivity index (χ3v) is 5.51.